The molecule has 1 heterocycles. The van der Waals surface area contributed by atoms with Gasteiger partial charge in [0.1, 0.15) is 5.82 Å². The lowest BCUT2D eigenvalue weighted by Gasteiger charge is -2.03. The molecule has 1 aromatic carbocycles. The minimum absolute atomic E-state index is 0.135. The minimum atomic E-state index is -0.135. The van der Waals surface area contributed by atoms with Crippen LogP contribution in [0.1, 0.15) is 6.92 Å². The molecule has 0 aliphatic carbocycles. The summed E-state index contributed by atoms with van der Waals surface area (Å²) in [4.78, 5) is 14.9. The summed E-state index contributed by atoms with van der Waals surface area (Å²) in [6, 6.07) is 7.39. The standard InChI is InChI=1S/C11H9ClN2O/c1-7(15)14-11-5-8-3-2-4-10(12)9(8)6-13-11/h2-6H,1H3,(H,13,14,15). The normalized spacial score (nSPS) is 10.3. The van der Waals surface area contributed by atoms with Crippen molar-refractivity contribution >= 4 is 34.1 Å². The average molecular weight is 221 g/mol. The van der Waals surface area contributed by atoms with Gasteiger partial charge in [0.15, 0.2) is 0 Å². The van der Waals surface area contributed by atoms with E-state index >= 15 is 0 Å². The number of nitrogens with zero attached hydrogens (tertiary/aromatic N) is 1. The summed E-state index contributed by atoms with van der Waals surface area (Å²) in [5.74, 6) is 0.404. The Hall–Kier alpha value is -1.61. The maximum Gasteiger partial charge on any atom is 0.222 e. The van der Waals surface area contributed by atoms with Crippen LogP contribution in [0.3, 0.4) is 0 Å². The van der Waals surface area contributed by atoms with E-state index in [1.54, 1.807) is 12.3 Å². The van der Waals surface area contributed by atoms with Gasteiger partial charge in [-0.2, -0.15) is 0 Å². The Kier molecular flexibility index (Phi) is 2.56. The first-order chi connectivity index (χ1) is 7.16. The number of carbonyl (C=O) groups excluding carboxylic acids is 1. The fourth-order valence-corrected chi connectivity index (χ4v) is 1.61. The quantitative estimate of drug-likeness (QED) is 0.803. The number of rotatable bonds is 1. The predicted molar refractivity (Wildman–Crippen MR) is 61.1 cm³/mol. The summed E-state index contributed by atoms with van der Waals surface area (Å²) < 4.78 is 0. The van der Waals surface area contributed by atoms with Crippen LogP contribution in [0.5, 0.6) is 0 Å². The van der Waals surface area contributed by atoms with Gasteiger partial charge in [-0.05, 0) is 17.5 Å². The van der Waals surface area contributed by atoms with E-state index in [2.05, 4.69) is 10.3 Å². The minimum Gasteiger partial charge on any atom is -0.311 e. The summed E-state index contributed by atoms with van der Waals surface area (Å²) in [7, 11) is 0. The van der Waals surface area contributed by atoms with Crippen molar-refractivity contribution in [1.82, 2.24) is 4.98 Å². The van der Waals surface area contributed by atoms with Gasteiger partial charge in [0, 0.05) is 23.5 Å². The van der Waals surface area contributed by atoms with Gasteiger partial charge in [-0.25, -0.2) is 4.98 Å². The Morgan fingerprint density at radius 1 is 1.47 bits per heavy atom. The molecule has 1 amide bonds. The molecule has 76 valence electrons. The first-order valence-electron chi connectivity index (χ1n) is 4.48. The van der Waals surface area contributed by atoms with Crippen molar-refractivity contribution in [3.05, 3.63) is 35.5 Å². The van der Waals surface area contributed by atoms with Crippen molar-refractivity contribution in [1.29, 1.82) is 0 Å². The second-order valence-corrected chi connectivity index (χ2v) is 3.62. The Bertz CT molecular complexity index is 525. The molecular formula is C11H9ClN2O. The van der Waals surface area contributed by atoms with Gasteiger partial charge in [-0.1, -0.05) is 23.7 Å². The molecule has 0 saturated carbocycles. The van der Waals surface area contributed by atoms with Gasteiger partial charge in [-0.15, -0.1) is 0 Å². The summed E-state index contributed by atoms with van der Waals surface area (Å²) in [5.41, 5.74) is 0. The first-order valence-corrected chi connectivity index (χ1v) is 4.86. The molecule has 0 aliphatic rings. The number of hydrogen-bond acceptors (Lipinski definition) is 2. The van der Waals surface area contributed by atoms with E-state index < -0.39 is 0 Å². The van der Waals surface area contributed by atoms with Crippen LogP contribution in [-0.2, 0) is 4.79 Å². The molecule has 1 aromatic heterocycles. The fraction of sp³-hybridized carbons (Fsp3) is 0.0909. The van der Waals surface area contributed by atoms with Gasteiger partial charge in [0.2, 0.25) is 5.91 Å². The molecule has 0 aliphatic heterocycles. The van der Waals surface area contributed by atoms with Crippen LogP contribution in [0, 0.1) is 0 Å². The third-order valence-corrected chi connectivity index (χ3v) is 2.35. The van der Waals surface area contributed by atoms with Crippen LogP contribution in [0.15, 0.2) is 30.5 Å². The molecule has 4 heteroatoms. The Morgan fingerprint density at radius 2 is 2.27 bits per heavy atom. The Labute approximate surface area is 92.1 Å². The van der Waals surface area contributed by atoms with Crippen molar-refractivity contribution in [2.24, 2.45) is 0 Å². The zero-order valence-electron chi connectivity index (χ0n) is 8.12. The summed E-state index contributed by atoms with van der Waals surface area (Å²) in [5, 5.41) is 5.13. The summed E-state index contributed by atoms with van der Waals surface area (Å²) in [6.07, 6.45) is 1.66. The lowest BCUT2D eigenvalue weighted by Crippen LogP contribution is -2.06. The highest BCUT2D eigenvalue weighted by molar-refractivity contribution is 6.35. The summed E-state index contributed by atoms with van der Waals surface area (Å²) in [6.45, 7) is 1.45. The number of carbonyl (C=O) groups is 1. The second-order valence-electron chi connectivity index (χ2n) is 3.21. The molecule has 0 radical (unpaired) electrons. The molecule has 15 heavy (non-hydrogen) atoms. The van der Waals surface area contributed by atoms with E-state index in [4.69, 9.17) is 11.6 Å². The van der Waals surface area contributed by atoms with Crippen molar-refractivity contribution in [3.8, 4) is 0 Å². The van der Waals surface area contributed by atoms with Crippen LogP contribution < -0.4 is 5.32 Å². The van der Waals surface area contributed by atoms with Gasteiger partial charge < -0.3 is 5.32 Å². The average Bonchev–Trinajstić information content (AvgIpc) is 2.17. The predicted octanol–water partition coefficient (Wildman–Crippen LogP) is 2.85. The first kappa shape index (κ1) is 9.93. The van der Waals surface area contributed by atoms with E-state index in [0.29, 0.717) is 10.8 Å². The Balaban J connectivity index is 2.52. The topological polar surface area (TPSA) is 42.0 Å². The van der Waals surface area contributed by atoms with E-state index in [-0.39, 0.29) is 5.91 Å². The molecule has 0 bridgehead atoms. The Morgan fingerprint density at radius 3 is 3.00 bits per heavy atom. The molecule has 3 nitrogen and oxygen atoms in total. The second kappa shape index (κ2) is 3.87. The number of benzene rings is 1. The molecule has 0 fully saturated rings. The SMILES string of the molecule is CC(=O)Nc1cc2cccc(Cl)c2cn1. The fourth-order valence-electron chi connectivity index (χ4n) is 1.38. The molecule has 0 saturated heterocycles. The zero-order valence-corrected chi connectivity index (χ0v) is 8.88. The number of fused-ring (bicyclic) bond motifs is 1. The number of amides is 1. The van der Waals surface area contributed by atoms with E-state index in [1.807, 2.05) is 18.2 Å². The van der Waals surface area contributed by atoms with Crippen LogP contribution >= 0.6 is 11.6 Å². The van der Waals surface area contributed by atoms with Crippen molar-refractivity contribution < 1.29 is 4.79 Å². The molecular weight excluding hydrogens is 212 g/mol. The maximum atomic E-state index is 10.8. The molecule has 2 aromatic rings. The van der Waals surface area contributed by atoms with Crippen molar-refractivity contribution in [2.75, 3.05) is 5.32 Å². The van der Waals surface area contributed by atoms with E-state index in [9.17, 15) is 4.79 Å². The van der Waals surface area contributed by atoms with Crippen LogP contribution in [0.25, 0.3) is 10.8 Å². The van der Waals surface area contributed by atoms with Crippen molar-refractivity contribution in [3.63, 3.8) is 0 Å². The number of nitrogens with one attached hydrogen (secondary N) is 1. The van der Waals surface area contributed by atoms with Crippen LogP contribution in [0.2, 0.25) is 5.02 Å². The maximum absolute atomic E-state index is 10.8. The van der Waals surface area contributed by atoms with Gasteiger partial charge in [0.25, 0.3) is 0 Å². The number of halogens is 1. The van der Waals surface area contributed by atoms with Crippen LogP contribution in [-0.4, -0.2) is 10.9 Å². The highest BCUT2D eigenvalue weighted by Gasteiger charge is 2.01. The largest absolute Gasteiger partial charge is 0.311 e. The van der Waals surface area contributed by atoms with E-state index in [1.165, 1.54) is 6.92 Å². The smallest absolute Gasteiger partial charge is 0.222 e. The number of aromatic nitrogens is 1. The van der Waals surface area contributed by atoms with Gasteiger partial charge in [0.05, 0.1) is 0 Å². The molecule has 1 N–H and O–H groups in total. The molecule has 2 rings (SSSR count). The zero-order chi connectivity index (χ0) is 10.8. The molecule has 0 spiro atoms. The third kappa shape index (κ3) is 2.07. The number of hydrogen-bond donors (Lipinski definition) is 1. The monoisotopic (exact) mass is 220 g/mol. The lowest BCUT2D eigenvalue weighted by atomic mass is 10.2. The van der Waals surface area contributed by atoms with Gasteiger partial charge in [-0.3, -0.25) is 4.79 Å². The van der Waals surface area contributed by atoms with Crippen molar-refractivity contribution in [2.45, 2.75) is 6.92 Å². The third-order valence-electron chi connectivity index (χ3n) is 2.02. The number of pyridine rings is 1. The summed E-state index contributed by atoms with van der Waals surface area (Å²) >= 11 is 5.99. The molecule has 0 unspecified atom stereocenters. The molecule has 0 atom stereocenters. The highest BCUT2D eigenvalue weighted by Crippen LogP contribution is 2.23. The lowest BCUT2D eigenvalue weighted by molar-refractivity contribution is -0.114. The van der Waals surface area contributed by atoms with E-state index in [0.717, 1.165) is 10.8 Å². The van der Waals surface area contributed by atoms with Gasteiger partial charge >= 0.3 is 0 Å². The highest BCUT2D eigenvalue weighted by atomic mass is 35.5. The van der Waals surface area contributed by atoms with Crippen LogP contribution in [0.4, 0.5) is 5.82 Å². The number of anilines is 1.